The minimum Gasteiger partial charge on any atom is -0.480 e. The number of carbonyl (C=O) groups excluding carboxylic acids is 1. The number of thioether (sulfide) groups is 1. The summed E-state index contributed by atoms with van der Waals surface area (Å²) in [5.74, 6) is -1.23. The van der Waals surface area contributed by atoms with Gasteiger partial charge in [-0.25, -0.2) is 4.79 Å². The van der Waals surface area contributed by atoms with E-state index in [1.54, 1.807) is 12.1 Å². The third kappa shape index (κ3) is 2.81. The molecule has 1 N–H and O–H groups in total. The molecule has 108 valence electrons. The van der Waals surface area contributed by atoms with Gasteiger partial charge in [-0.2, -0.15) is 0 Å². The van der Waals surface area contributed by atoms with Crippen LogP contribution >= 0.6 is 11.8 Å². The lowest BCUT2D eigenvalue weighted by Crippen LogP contribution is -2.40. The fraction of sp³-hybridized carbons (Fsp3) is 0.429. The van der Waals surface area contributed by atoms with Gasteiger partial charge in [-0.15, -0.1) is 11.8 Å². The molecular weight excluding hydrogens is 278 g/mol. The Bertz CT molecular complexity index is 520. The number of benzene rings is 1. The quantitative estimate of drug-likeness (QED) is 0.857. The van der Waals surface area contributed by atoms with Crippen molar-refractivity contribution in [1.82, 2.24) is 4.90 Å². The highest BCUT2D eigenvalue weighted by Gasteiger charge is 2.40. The Morgan fingerprint density at radius 2 is 2.10 bits per heavy atom. The van der Waals surface area contributed by atoms with E-state index in [-0.39, 0.29) is 12.0 Å². The second-order valence-electron chi connectivity index (χ2n) is 4.61. The van der Waals surface area contributed by atoms with Gasteiger partial charge in [0.15, 0.2) is 0 Å². The molecule has 2 atom stereocenters. The zero-order valence-corrected chi connectivity index (χ0v) is 12.2. The van der Waals surface area contributed by atoms with Crippen LogP contribution in [0.15, 0.2) is 29.2 Å². The van der Waals surface area contributed by atoms with Crippen molar-refractivity contribution in [1.29, 1.82) is 0 Å². The first-order valence-corrected chi connectivity index (χ1v) is 7.50. The third-order valence-corrected chi connectivity index (χ3v) is 4.28. The number of ether oxygens (including phenoxy) is 1. The van der Waals surface area contributed by atoms with Crippen molar-refractivity contribution < 1.29 is 19.4 Å². The second kappa shape index (κ2) is 6.28. The number of carboxylic acids is 1. The minimum absolute atomic E-state index is 0.221. The largest absolute Gasteiger partial charge is 0.480 e. The fourth-order valence-corrected chi connectivity index (χ4v) is 2.99. The molecule has 1 aliphatic heterocycles. The number of hydrogen-bond acceptors (Lipinski definition) is 4. The van der Waals surface area contributed by atoms with E-state index in [0.29, 0.717) is 18.5 Å². The Balaban J connectivity index is 2.29. The van der Waals surface area contributed by atoms with Gasteiger partial charge < -0.3 is 14.7 Å². The molecule has 0 spiro atoms. The van der Waals surface area contributed by atoms with Crippen molar-refractivity contribution in [3.05, 3.63) is 29.8 Å². The van der Waals surface area contributed by atoms with Crippen molar-refractivity contribution in [2.75, 3.05) is 19.9 Å². The zero-order valence-electron chi connectivity index (χ0n) is 11.4. The zero-order chi connectivity index (χ0) is 14.7. The summed E-state index contributed by atoms with van der Waals surface area (Å²) in [7, 11) is 1.54. The Kier molecular flexibility index (Phi) is 4.67. The molecule has 1 fully saturated rings. The Hall–Kier alpha value is -1.53. The molecule has 2 rings (SSSR count). The van der Waals surface area contributed by atoms with Crippen LogP contribution in [-0.4, -0.2) is 53.9 Å². The van der Waals surface area contributed by atoms with Gasteiger partial charge in [-0.3, -0.25) is 4.79 Å². The maximum absolute atomic E-state index is 12.6. The number of carboxylic acid groups (broad SMARTS) is 1. The first kappa shape index (κ1) is 14.9. The first-order valence-electron chi connectivity index (χ1n) is 6.28. The van der Waals surface area contributed by atoms with Gasteiger partial charge >= 0.3 is 5.97 Å². The number of likely N-dealkylation sites (tertiary alicyclic amines) is 1. The lowest BCUT2D eigenvalue weighted by Gasteiger charge is -2.22. The number of nitrogens with zero attached hydrogens (tertiary/aromatic N) is 1. The lowest BCUT2D eigenvalue weighted by molar-refractivity contribution is -0.141. The highest BCUT2D eigenvalue weighted by molar-refractivity contribution is 7.98. The molecule has 0 saturated carbocycles. The molecule has 2 unspecified atom stereocenters. The molecule has 1 saturated heterocycles. The summed E-state index contributed by atoms with van der Waals surface area (Å²) in [6.07, 6.45) is 2.00. The van der Waals surface area contributed by atoms with Crippen LogP contribution in [0.5, 0.6) is 0 Å². The molecule has 0 bridgehead atoms. The number of aliphatic carboxylic acids is 1. The molecule has 1 aliphatic rings. The average Bonchev–Trinajstić information content (AvgIpc) is 2.91. The van der Waals surface area contributed by atoms with Gasteiger partial charge in [-0.05, 0) is 18.4 Å². The molecule has 0 radical (unpaired) electrons. The van der Waals surface area contributed by atoms with Gasteiger partial charge in [0, 0.05) is 25.0 Å². The average molecular weight is 295 g/mol. The molecule has 20 heavy (non-hydrogen) atoms. The summed E-state index contributed by atoms with van der Waals surface area (Å²) in [6.45, 7) is 0.314. The van der Waals surface area contributed by atoms with Gasteiger partial charge in [0.2, 0.25) is 0 Å². The number of amides is 1. The van der Waals surface area contributed by atoms with E-state index in [2.05, 4.69) is 0 Å². The Morgan fingerprint density at radius 3 is 2.70 bits per heavy atom. The maximum Gasteiger partial charge on any atom is 0.326 e. The predicted molar refractivity (Wildman–Crippen MR) is 76.1 cm³/mol. The number of carbonyl (C=O) groups is 2. The Labute approximate surface area is 121 Å². The standard InChI is InChI=1S/C14H17NO4S/c1-19-9-7-11(14(17)18)15(8-9)13(16)10-5-3-4-6-12(10)20-2/h3-6,9,11H,7-8H2,1-2H3,(H,17,18). The topological polar surface area (TPSA) is 66.8 Å². The summed E-state index contributed by atoms with van der Waals surface area (Å²) >= 11 is 1.47. The van der Waals surface area contributed by atoms with Crippen molar-refractivity contribution in [3.8, 4) is 0 Å². The van der Waals surface area contributed by atoms with Gasteiger partial charge in [0.25, 0.3) is 5.91 Å². The van der Waals surface area contributed by atoms with E-state index in [4.69, 9.17) is 4.74 Å². The monoisotopic (exact) mass is 295 g/mol. The van der Waals surface area contributed by atoms with Crippen LogP contribution in [0.25, 0.3) is 0 Å². The Morgan fingerprint density at radius 1 is 1.40 bits per heavy atom. The lowest BCUT2D eigenvalue weighted by atomic mass is 10.1. The summed E-state index contributed by atoms with van der Waals surface area (Å²) in [6, 6.07) is 6.42. The number of hydrogen-bond donors (Lipinski definition) is 1. The van der Waals surface area contributed by atoms with Crippen LogP contribution in [0.3, 0.4) is 0 Å². The van der Waals surface area contributed by atoms with Gasteiger partial charge in [-0.1, -0.05) is 12.1 Å². The molecule has 6 heteroatoms. The van der Waals surface area contributed by atoms with Gasteiger partial charge in [0.05, 0.1) is 11.7 Å². The van der Waals surface area contributed by atoms with Crippen LogP contribution < -0.4 is 0 Å². The summed E-state index contributed by atoms with van der Waals surface area (Å²) in [4.78, 5) is 26.1. The first-order chi connectivity index (χ1) is 9.58. The molecule has 0 aliphatic carbocycles. The fourth-order valence-electron chi connectivity index (χ4n) is 2.40. The van der Waals surface area contributed by atoms with Crippen LogP contribution in [0.1, 0.15) is 16.8 Å². The molecule has 1 aromatic rings. The van der Waals surface area contributed by atoms with E-state index < -0.39 is 12.0 Å². The highest BCUT2D eigenvalue weighted by Crippen LogP contribution is 2.26. The SMILES string of the molecule is COC1CC(C(=O)O)N(C(=O)c2ccccc2SC)C1. The van der Waals surface area contributed by atoms with Crippen LogP contribution in [0, 0.1) is 0 Å². The summed E-state index contributed by atoms with van der Waals surface area (Å²) in [5, 5.41) is 9.26. The van der Waals surface area contributed by atoms with Gasteiger partial charge in [0.1, 0.15) is 6.04 Å². The second-order valence-corrected chi connectivity index (χ2v) is 5.45. The van der Waals surface area contributed by atoms with Crippen molar-refractivity contribution in [3.63, 3.8) is 0 Å². The van der Waals surface area contributed by atoms with E-state index in [1.807, 2.05) is 18.4 Å². The summed E-state index contributed by atoms with van der Waals surface area (Å²) in [5.41, 5.74) is 0.544. The van der Waals surface area contributed by atoms with Crippen molar-refractivity contribution >= 4 is 23.6 Å². The normalized spacial score (nSPS) is 22.0. The molecule has 1 amide bonds. The van der Waals surface area contributed by atoms with Crippen LogP contribution in [0.2, 0.25) is 0 Å². The van der Waals surface area contributed by atoms with E-state index in [9.17, 15) is 14.7 Å². The predicted octanol–water partition coefficient (Wildman–Crippen LogP) is 1.72. The summed E-state index contributed by atoms with van der Waals surface area (Å²) < 4.78 is 5.20. The highest BCUT2D eigenvalue weighted by atomic mass is 32.2. The van der Waals surface area contributed by atoms with Crippen LogP contribution in [0.4, 0.5) is 0 Å². The molecule has 1 aromatic carbocycles. The van der Waals surface area contributed by atoms with Crippen molar-refractivity contribution in [2.24, 2.45) is 0 Å². The smallest absolute Gasteiger partial charge is 0.326 e. The van der Waals surface area contributed by atoms with E-state index in [1.165, 1.54) is 23.8 Å². The minimum atomic E-state index is -0.987. The molecule has 1 heterocycles. The number of rotatable bonds is 4. The number of methoxy groups -OCH3 is 1. The third-order valence-electron chi connectivity index (χ3n) is 3.48. The van der Waals surface area contributed by atoms with Crippen molar-refractivity contribution in [2.45, 2.75) is 23.5 Å². The van der Waals surface area contributed by atoms with Crippen LogP contribution in [-0.2, 0) is 9.53 Å². The van der Waals surface area contributed by atoms with E-state index in [0.717, 1.165) is 4.90 Å². The molecule has 0 aromatic heterocycles. The maximum atomic E-state index is 12.6. The molecular formula is C14H17NO4S. The van der Waals surface area contributed by atoms with E-state index >= 15 is 0 Å². The molecule has 5 nitrogen and oxygen atoms in total.